The summed E-state index contributed by atoms with van der Waals surface area (Å²) in [7, 11) is 1.57. The van der Waals surface area contributed by atoms with Gasteiger partial charge in [-0.1, -0.05) is 30.0 Å². The number of carbonyl (C=O) groups excluding carboxylic acids is 2. The van der Waals surface area contributed by atoms with E-state index >= 15 is 0 Å². The molecule has 0 radical (unpaired) electrons. The molecule has 8 nitrogen and oxygen atoms in total. The first-order chi connectivity index (χ1) is 15.9. The van der Waals surface area contributed by atoms with Gasteiger partial charge in [0, 0.05) is 18.3 Å². The number of ether oxygens (including phenoxy) is 1. The maximum Gasteiger partial charge on any atom is 0.243 e. The molecule has 0 atom stereocenters. The predicted octanol–water partition coefficient (Wildman–Crippen LogP) is 3.26. The first kappa shape index (κ1) is 23.9. The van der Waals surface area contributed by atoms with Crippen LogP contribution < -0.4 is 15.4 Å². The summed E-state index contributed by atoms with van der Waals surface area (Å²) in [5.41, 5.74) is 0.837. The van der Waals surface area contributed by atoms with Crippen molar-refractivity contribution in [3.63, 3.8) is 0 Å². The Balaban J connectivity index is 1.58. The van der Waals surface area contributed by atoms with Crippen molar-refractivity contribution in [1.29, 1.82) is 0 Å². The lowest BCUT2D eigenvalue weighted by Crippen LogP contribution is -2.34. The van der Waals surface area contributed by atoms with Crippen molar-refractivity contribution in [3.05, 3.63) is 66.8 Å². The van der Waals surface area contributed by atoms with Crippen LogP contribution >= 0.6 is 11.8 Å². The summed E-state index contributed by atoms with van der Waals surface area (Å²) in [6.07, 6.45) is 1.69. The summed E-state index contributed by atoms with van der Waals surface area (Å²) in [6.45, 7) is 3.85. The molecule has 0 saturated carbocycles. The molecule has 0 aliphatic rings. The Hall–Kier alpha value is -3.73. The van der Waals surface area contributed by atoms with Crippen molar-refractivity contribution in [2.45, 2.75) is 11.7 Å². The minimum absolute atomic E-state index is 0.0142. The zero-order valence-corrected chi connectivity index (χ0v) is 18.5. The highest BCUT2D eigenvalue weighted by Gasteiger charge is 2.18. The smallest absolute Gasteiger partial charge is 0.243 e. The van der Waals surface area contributed by atoms with Crippen molar-refractivity contribution >= 4 is 29.3 Å². The van der Waals surface area contributed by atoms with Gasteiger partial charge in [-0.05, 0) is 24.3 Å². The fourth-order valence-corrected chi connectivity index (χ4v) is 3.63. The average molecular weight is 474 g/mol. The van der Waals surface area contributed by atoms with Crippen LogP contribution in [0.5, 0.6) is 5.75 Å². The van der Waals surface area contributed by atoms with Crippen molar-refractivity contribution in [2.75, 3.05) is 24.7 Å². The fraction of sp³-hybridized carbons (Fsp3) is 0.182. The van der Waals surface area contributed by atoms with E-state index in [4.69, 9.17) is 4.74 Å². The molecule has 0 bridgehead atoms. The number of anilines is 1. The number of allylic oxidation sites excluding steroid dienone is 1. The summed E-state index contributed by atoms with van der Waals surface area (Å²) in [5, 5.41) is 13.8. The Morgan fingerprint density at radius 1 is 1.15 bits per heavy atom. The molecule has 1 aromatic heterocycles. The van der Waals surface area contributed by atoms with Gasteiger partial charge < -0.3 is 15.4 Å². The van der Waals surface area contributed by atoms with Crippen LogP contribution in [0.1, 0.15) is 0 Å². The Morgan fingerprint density at radius 2 is 1.94 bits per heavy atom. The zero-order valence-electron chi connectivity index (χ0n) is 17.7. The lowest BCUT2D eigenvalue weighted by molar-refractivity contribution is -0.122. The van der Waals surface area contributed by atoms with Crippen LogP contribution in [0.3, 0.4) is 0 Å². The summed E-state index contributed by atoms with van der Waals surface area (Å²) >= 11 is 1.15. The lowest BCUT2D eigenvalue weighted by atomic mass is 10.2. The second kappa shape index (κ2) is 11.2. The van der Waals surface area contributed by atoms with E-state index in [-0.39, 0.29) is 18.0 Å². The number of halogens is 2. The zero-order chi connectivity index (χ0) is 23.8. The summed E-state index contributed by atoms with van der Waals surface area (Å²) < 4.78 is 33.4. The quantitative estimate of drug-likeness (QED) is 0.347. The van der Waals surface area contributed by atoms with Crippen LogP contribution in [-0.4, -0.2) is 46.0 Å². The maximum atomic E-state index is 13.2. The SMILES string of the molecule is C=CCn1c(SCC(=O)NCC(=O)Nc2ccc(F)c(F)c2)nnc1-c1ccccc1OC. The number of hydrogen-bond donors (Lipinski definition) is 2. The number of aromatic nitrogens is 3. The van der Waals surface area contributed by atoms with Gasteiger partial charge in [-0.3, -0.25) is 14.2 Å². The van der Waals surface area contributed by atoms with E-state index < -0.39 is 23.4 Å². The molecule has 2 amide bonds. The second-order valence-electron chi connectivity index (χ2n) is 6.65. The fourth-order valence-electron chi connectivity index (χ4n) is 2.86. The molecule has 33 heavy (non-hydrogen) atoms. The molecule has 11 heteroatoms. The number of thioether (sulfide) groups is 1. The molecule has 1 heterocycles. The molecular formula is C22H21F2N5O3S. The minimum atomic E-state index is -1.08. The molecule has 0 aliphatic heterocycles. The molecule has 2 N–H and O–H groups in total. The van der Waals surface area contributed by atoms with Crippen molar-refractivity contribution in [2.24, 2.45) is 0 Å². The van der Waals surface area contributed by atoms with Gasteiger partial charge in [0.15, 0.2) is 22.6 Å². The highest BCUT2D eigenvalue weighted by Crippen LogP contribution is 2.30. The number of para-hydroxylation sites is 1. The summed E-state index contributed by atoms with van der Waals surface area (Å²) in [4.78, 5) is 24.1. The van der Waals surface area contributed by atoms with E-state index in [1.165, 1.54) is 6.07 Å². The first-order valence-electron chi connectivity index (χ1n) is 9.74. The van der Waals surface area contributed by atoms with Crippen LogP contribution in [0.15, 0.2) is 60.3 Å². The number of hydrogen-bond acceptors (Lipinski definition) is 6. The number of nitrogens with zero attached hydrogens (tertiary/aromatic N) is 3. The molecule has 0 saturated heterocycles. The number of rotatable bonds is 10. The number of nitrogens with one attached hydrogen (secondary N) is 2. The van der Waals surface area contributed by atoms with E-state index in [9.17, 15) is 18.4 Å². The highest BCUT2D eigenvalue weighted by atomic mass is 32.2. The van der Waals surface area contributed by atoms with Gasteiger partial charge in [0.25, 0.3) is 0 Å². The Morgan fingerprint density at radius 3 is 2.67 bits per heavy atom. The monoisotopic (exact) mass is 473 g/mol. The molecule has 172 valence electrons. The Bertz CT molecular complexity index is 1170. The predicted molar refractivity (Wildman–Crippen MR) is 121 cm³/mol. The average Bonchev–Trinajstić information content (AvgIpc) is 3.21. The van der Waals surface area contributed by atoms with E-state index in [1.54, 1.807) is 17.8 Å². The van der Waals surface area contributed by atoms with E-state index in [0.717, 1.165) is 29.5 Å². The first-order valence-corrected chi connectivity index (χ1v) is 10.7. The van der Waals surface area contributed by atoms with Crippen LogP contribution in [-0.2, 0) is 16.1 Å². The summed E-state index contributed by atoms with van der Waals surface area (Å²) in [6, 6.07) is 10.4. The van der Waals surface area contributed by atoms with Gasteiger partial charge in [-0.15, -0.1) is 16.8 Å². The lowest BCUT2D eigenvalue weighted by Gasteiger charge is -2.10. The molecule has 0 fully saturated rings. The Kier molecular flexibility index (Phi) is 8.14. The van der Waals surface area contributed by atoms with Gasteiger partial charge in [-0.2, -0.15) is 0 Å². The largest absolute Gasteiger partial charge is 0.496 e. The van der Waals surface area contributed by atoms with Crippen LogP contribution in [0.2, 0.25) is 0 Å². The van der Waals surface area contributed by atoms with Crippen LogP contribution in [0, 0.1) is 11.6 Å². The maximum absolute atomic E-state index is 13.2. The number of carbonyl (C=O) groups is 2. The van der Waals surface area contributed by atoms with Crippen molar-refractivity contribution < 1.29 is 23.1 Å². The van der Waals surface area contributed by atoms with Gasteiger partial charge >= 0.3 is 0 Å². The molecule has 0 aliphatic carbocycles. The van der Waals surface area contributed by atoms with E-state index in [1.807, 2.05) is 24.3 Å². The molecule has 0 spiro atoms. The topological polar surface area (TPSA) is 98.1 Å². The van der Waals surface area contributed by atoms with Gasteiger partial charge in [-0.25, -0.2) is 8.78 Å². The molecular weight excluding hydrogens is 452 g/mol. The number of methoxy groups -OCH3 is 1. The molecule has 3 aromatic rings. The van der Waals surface area contributed by atoms with Gasteiger partial charge in [0.05, 0.1) is 25.0 Å². The number of benzene rings is 2. The van der Waals surface area contributed by atoms with Crippen LogP contribution in [0.25, 0.3) is 11.4 Å². The van der Waals surface area contributed by atoms with Gasteiger partial charge in [0.1, 0.15) is 5.75 Å². The van der Waals surface area contributed by atoms with Gasteiger partial charge in [0.2, 0.25) is 11.8 Å². The van der Waals surface area contributed by atoms with Crippen LogP contribution in [0.4, 0.5) is 14.5 Å². The third-order valence-electron chi connectivity index (χ3n) is 4.36. The normalized spacial score (nSPS) is 10.5. The van der Waals surface area contributed by atoms with Crippen molar-refractivity contribution in [3.8, 4) is 17.1 Å². The second-order valence-corrected chi connectivity index (χ2v) is 7.59. The summed E-state index contributed by atoms with van der Waals surface area (Å²) in [5.74, 6) is -1.89. The molecule has 3 rings (SSSR count). The Labute approximate surface area is 193 Å². The highest BCUT2D eigenvalue weighted by molar-refractivity contribution is 7.99. The standard InChI is InChI=1S/C22H21F2N5O3S/c1-3-10-29-21(15-6-4-5-7-18(15)32-2)27-28-22(29)33-13-20(31)25-12-19(30)26-14-8-9-16(23)17(24)11-14/h3-9,11H,1,10,12-13H2,2H3,(H,25,31)(H,26,30). The number of amides is 2. The molecule has 0 unspecified atom stereocenters. The van der Waals surface area contributed by atoms with E-state index in [2.05, 4.69) is 27.4 Å². The minimum Gasteiger partial charge on any atom is -0.496 e. The third kappa shape index (κ3) is 6.16. The van der Waals surface area contributed by atoms with E-state index in [0.29, 0.717) is 23.3 Å². The molecule has 2 aromatic carbocycles. The van der Waals surface area contributed by atoms with Crippen molar-refractivity contribution in [1.82, 2.24) is 20.1 Å². The third-order valence-corrected chi connectivity index (χ3v) is 5.32.